The second kappa shape index (κ2) is 7.55. The molecule has 0 aliphatic heterocycles. The third-order valence-corrected chi connectivity index (χ3v) is 4.33. The number of halogens is 1. The van der Waals surface area contributed by atoms with E-state index < -0.39 is 10.8 Å². The van der Waals surface area contributed by atoms with E-state index in [-0.39, 0.29) is 18.1 Å². The number of aromatic nitrogens is 4. The van der Waals surface area contributed by atoms with Crippen molar-refractivity contribution >= 4 is 33.7 Å². The molecule has 2 rings (SSSR count). The van der Waals surface area contributed by atoms with Crippen molar-refractivity contribution in [2.24, 2.45) is 18.1 Å². The Morgan fingerprint density at radius 2 is 2.24 bits per heavy atom. The molecule has 0 aromatic carbocycles. The SMILES string of the molecule is Cc1nn(C[C@@H](C)C(=O)N/N=C\c2c(Br)cnn2C)c(C)c1[N+](=O)[O-]. The summed E-state index contributed by atoms with van der Waals surface area (Å²) in [6.45, 7) is 5.10. The number of rotatable bonds is 6. The lowest BCUT2D eigenvalue weighted by Gasteiger charge is -2.10. The fourth-order valence-corrected chi connectivity index (χ4v) is 2.75. The number of nitrogens with one attached hydrogen (secondary N) is 1. The van der Waals surface area contributed by atoms with Crippen molar-refractivity contribution in [2.75, 3.05) is 0 Å². The zero-order valence-corrected chi connectivity index (χ0v) is 15.8. The Balaban J connectivity index is 2.02. The molecule has 0 saturated carbocycles. The van der Waals surface area contributed by atoms with Gasteiger partial charge in [-0.25, -0.2) is 5.43 Å². The first kappa shape index (κ1) is 18.8. The van der Waals surface area contributed by atoms with Crippen LogP contribution in [0.5, 0.6) is 0 Å². The molecule has 0 saturated heterocycles. The molecule has 0 radical (unpaired) electrons. The fraction of sp³-hybridized carbons (Fsp3) is 0.429. The molecule has 11 heteroatoms. The summed E-state index contributed by atoms with van der Waals surface area (Å²) in [5.74, 6) is -0.783. The lowest BCUT2D eigenvalue weighted by Crippen LogP contribution is -2.28. The van der Waals surface area contributed by atoms with Gasteiger partial charge in [-0.15, -0.1) is 0 Å². The second-order valence-electron chi connectivity index (χ2n) is 5.60. The van der Waals surface area contributed by atoms with E-state index in [1.54, 1.807) is 38.7 Å². The Bertz CT molecular complexity index is 820. The monoisotopic (exact) mass is 411 g/mol. The molecule has 10 nitrogen and oxygen atoms in total. The minimum absolute atomic E-state index is 0.0216. The fourth-order valence-electron chi connectivity index (χ4n) is 2.30. The summed E-state index contributed by atoms with van der Waals surface area (Å²) in [5.41, 5.74) is 3.89. The number of aryl methyl sites for hydroxylation is 2. The van der Waals surface area contributed by atoms with E-state index in [2.05, 4.69) is 36.7 Å². The van der Waals surface area contributed by atoms with Gasteiger partial charge in [-0.3, -0.25) is 24.3 Å². The number of hydrogen-bond donors (Lipinski definition) is 1. The van der Waals surface area contributed by atoms with Crippen LogP contribution in [-0.4, -0.2) is 36.6 Å². The Morgan fingerprint density at radius 3 is 2.76 bits per heavy atom. The Kier molecular flexibility index (Phi) is 5.67. The van der Waals surface area contributed by atoms with E-state index in [0.29, 0.717) is 17.1 Å². The van der Waals surface area contributed by atoms with Gasteiger partial charge >= 0.3 is 5.69 Å². The van der Waals surface area contributed by atoms with Crippen LogP contribution in [0.3, 0.4) is 0 Å². The van der Waals surface area contributed by atoms with Gasteiger partial charge in [0.2, 0.25) is 5.91 Å². The van der Waals surface area contributed by atoms with Crippen LogP contribution < -0.4 is 5.43 Å². The van der Waals surface area contributed by atoms with Gasteiger partial charge < -0.3 is 0 Å². The van der Waals surface area contributed by atoms with Gasteiger partial charge in [-0.1, -0.05) is 6.92 Å². The number of amides is 1. The van der Waals surface area contributed by atoms with E-state index in [9.17, 15) is 14.9 Å². The average molecular weight is 412 g/mol. The van der Waals surface area contributed by atoms with Crippen LogP contribution in [0.25, 0.3) is 0 Å². The summed E-state index contributed by atoms with van der Waals surface area (Å²) in [5, 5.41) is 23.1. The summed E-state index contributed by atoms with van der Waals surface area (Å²) in [7, 11) is 1.76. The first-order chi connectivity index (χ1) is 11.7. The van der Waals surface area contributed by atoms with Gasteiger partial charge in [0, 0.05) is 7.05 Å². The Hall–Kier alpha value is -2.56. The summed E-state index contributed by atoms with van der Waals surface area (Å²) in [6, 6.07) is 0. The van der Waals surface area contributed by atoms with Crippen molar-refractivity contribution in [2.45, 2.75) is 27.3 Å². The average Bonchev–Trinajstić information content (AvgIpc) is 2.99. The van der Waals surface area contributed by atoms with Crippen LogP contribution in [0.4, 0.5) is 5.69 Å². The van der Waals surface area contributed by atoms with Gasteiger partial charge in [-0.2, -0.15) is 15.3 Å². The van der Waals surface area contributed by atoms with Gasteiger partial charge in [0.15, 0.2) is 0 Å². The van der Waals surface area contributed by atoms with E-state index in [4.69, 9.17) is 0 Å². The maximum absolute atomic E-state index is 12.1. The van der Waals surface area contributed by atoms with Crippen molar-refractivity contribution in [1.82, 2.24) is 25.0 Å². The molecule has 134 valence electrons. The molecule has 0 aliphatic carbocycles. The number of hydrogen-bond acceptors (Lipinski definition) is 6. The van der Waals surface area contributed by atoms with Crippen LogP contribution in [0.15, 0.2) is 15.8 Å². The third-order valence-electron chi connectivity index (χ3n) is 3.72. The number of nitrogens with zero attached hydrogens (tertiary/aromatic N) is 6. The first-order valence-electron chi connectivity index (χ1n) is 7.41. The molecular formula is C14H18BrN7O3. The zero-order chi connectivity index (χ0) is 18.7. The summed E-state index contributed by atoms with van der Waals surface area (Å²) >= 11 is 3.33. The topological polar surface area (TPSA) is 120 Å². The van der Waals surface area contributed by atoms with E-state index in [0.717, 1.165) is 4.47 Å². The van der Waals surface area contributed by atoms with E-state index >= 15 is 0 Å². The lowest BCUT2D eigenvalue weighted by atomic mass is 10.1. The third kappa shape index (κ3) is 4.10. The van der Waals surface area contributed by atoms with Gasteiger partial charge in [0.1, 0.15) is 11.4 Å². The minimum Gasteiger partial charge on any atom is -0.273 e. The summed E-state index contributed by atoms with van der Waals surface area (Å²) < 4.78 is 3.84. The van der Waals surface area contributed by atoms with Crippen molar-refractivity contribution in [3.05, 3.63) is 37.9 Å². The highest BCUT2D eigenvalue weighted by molar-refractivity contribution is 9.10. The second-order valence-corrected chi connectivity index (χ2v) is 6.45. The molecule has 1 N–H and O–H groups in total. The van der Waals surface area contributed by atoms with Crippen molar-refractivity contribution in [3.8, 4) is 0 Å². The lowest BCUT2D eigenvalue weighted by molar-refractivity contribution is -0.386. The van der Waals surface area contributed by atoms with Crippen LogP contribution in [0, 0.1) is 29.9 Å². The highest BCUT2D eigenvalue weighted by Crippen LogP contribution is 2.22. The van der Waals surface area contributed by atoms with Gasteiger partial charge in [0.05, 0.1) is 40.0 Å². The number of carbonyl (C=O) groups is 1. The normalized spacial score (nSPS) is 12.5. The summed E-state index contributed by atoms with van der Waals surface area (Å²) in [6.07, 6.45) is 3.11. The van der Waals surface area contributed by atoms with E-state index in [1.807, 2.05) is 0 Å². The first-order valence-corrected chi connectivity index (χ1v) is 8.20. The molecule has 0 unspecified atom stereocenters. The standard InChI is InChI=1S/C14H18BrN7O3/c1-8(7-21-10(3)13(22(24)25)9(2)19-21)14(23)18-16-6-12-11(15)5-17-20(12)4/h5-6,8H,7H2,1-4H3,(H,18,23)/b16-6-/t8-/m1/s1. The Morgan fingerprint density at radius 1 is 1.56 bits per heavy atom. The molecule has 2 aromatic heterocycles. The number of hydrazone groups is 1. The maximum atomic E-state index is 12.1. The molecule has 0 aliphatic rings. The Labute approximate surface area is 152 Å². The number of carbonyl (C=O) groups excluding carboxylic acids is 1. The maximum Gasteiger partial charge on any atom is 0.312 e. The molecule has 1 atom stereocenters. The zero-order valence-electron chi connectivity index (χ0n) is 14.2. The molecule has 1 amide bonds. The molecular weight excluding hydrogens is 394 g/mol. The van der Waals surface area contributed by atoms with Crippen LogP contribution in [-0.2, 0) is 18.4 Å². The van der Waals surface area contributed by atoms with E-state index in [1.165, 1.54) is 10.9 Å². The van der Waals surface area contributed by atoms with Gasteiger partial charge in [-0.05, 0) is 29.8 Å². The predicted octanol–water partition coefficient (Wildman–Crippen LogP) is 1.69. The quantitative estimate of drug-likeness (QED) is 0.440. The highest BCUT2D eigenvalue weighted by Gasteiger charge is 2.24. The molecule has 2 aromatic rings. The van der Waals surface area contributed by atoms with Crippen LogP contribution in [0.1, 0.15) is 24.0 Å². The molecule has 25 heavy (non-hydrogen) atoms. The molecule has 0 bridgehead atoms. The van der Waals surface area contributed by atoms with Crippen molar-refractivity contribution in [3.63, 3.8) is 0 Å². The van der Waals surface area contributed by atoms with Crippen LogP contribution >= 0.6 is 15.9 Å². The largest absolute Gasteiger partial charge is 0.312 e. The smallest absolute Gasteiger partial charge is 0.273 e. The van der Waals surface area contributed by atoms with Crippen molar-refractivity contribution < 1.29 is 9.72 Å². The summed E-state index contributed by atoms with van der Waals surface area (Å²) in [4.78, 5) is 22.7. The molecule has 2 heterocycles. The van der Waals surface area contributed by atoms with Crippen molar-refractivity contribution in [1.29, 1.82) is 0 Å². The van der Waals surface area contributed by atoms with Gasteiger partial charge in [0.25, 0.3) is 0 Å². The minimum atomic E-state index is -0.468. The molecule has 0 spiro atoms. The number of nitro groups is 1. The van der Waals surface area contributed by atoms with Crippen LogP contribution in [0.2, 0.25) is 0 Å². The molecule has 0 fully saturated rings. The predicted molar refractivity (Wildman–Crippen MR) is 94.2 cm³/mol. The highest BCUT2D eigenvalue weighted by atomic mass is 79.9.